The van der Waals surface area contributed by atoms with Crippen LogP contribution < -0.4 is 4.90 Å². The van der Waals surface area contributed by atoms with Crippen molar-refractivity contribution >= 4 is 11.7 Å². The maximum Gasteiger partial charge on any atom is 0.278 e. The normalized spacial score (nSPS) is 13.9. The van der Waals surface area contributed by atoms with Crippen molar-refractivity contribution in [2.75, 3.05) is 11.4 Å². The second kappa shape index (κ2) is 6.04. The molecule has 128 valence electrons. The molecule has 1 aliphatic rings. The van der Waals surface area contributed by atoms with Crippen LogP contribution in [0.3, 0.4) is 0 Å². The van der Waals surface area contributed by atoms with Gasteiger partial charge in [0.05, 0.1) is 5.69 Å². The van der Waals surface area contributed by atoms with Gasteiger partial charge in [0.25, 0.3) is 5.91 Å². The van der Waals surface area contributed by atoms with Gasteiger partial charge in [0, 0.05) is 24.8 Å². The number of nitrogens with zero attached hydrogens (tertiary/aromatic N) is 4. The van der Waals surface area contributed by atoms with Gasteiger partial charge in [-0.15, -0.1) is 0 Å². The number of amides is 1. The molecule has 0 saturated carbocycles. The van der Waals surface area contributed by atoms with Crippen LogP contribution in [-0.4, -0.2) is 27.2 Å². The molecule has 1 aliphatic carbocycles. The minimum absolute atomic E-state index is 0.00109. The lowest BCUT2D eigenvalue weighted by Gasteiger charge is -2.29. The van der Waals surface area contributed by atoms with E-state index >= 15 is 0 Å². The summed E-state index contributed by atoms with van der Waals surface area (Å²) in [6, 6.07) is 5.81. The van der Waals surface area contributed by atoms with Gasteiger partial charge in [0.15, 0.2) is 0 Å². The van der Waals surface area contributed by atoms with Crippen molar-refractivity contribution in [2.45, 2.75) is 47.0 Å². The van der Waals surface area contributed by atoms with Crippen LogP contribution in [-0.2, 0) is 19.9 Å². The summed E-state index contributed by atoms with van der Waals surface area (Å²) in [7, 11) is 1.87. The number of hydrogen-bond donors (Lipinski definition) is 0. The van der Waals surface area contributed by atoms with Gasteiger partial charge in [0.2, 0.25) is 0 Å². The largest absolute Gasteiger partial charge is 0.291 e. The van der Waals surface area contributed by atoms with Crippen molar-refractivity contribution < 1.29 is 4.79 Å². The summed E-state index contributed by atoms with van der Waals surface area (Å²) in [6.07, 6.45) is 2.99. The molecular weight excluding hydrogens is 300 g/mol. The number of rotatable bonds is 3. The zero-order valence-corrected chi connectivity index (χ0v) is 15.3. The van der Waals surface area contributed by atoms with E-state index in [1.807, 2.05) is 37.1 Å². The molecule has 3 rings (SSSR count). The van der Waals surface area contributed by atoms with Crippen molar-refractivity contribution in [3.8, 4) is 0 Å². The molecule has 0 aromatic carbocycles. The van der Waals surface area contributed by atoms with Gasteiger partial charge in [-0.1, -0.05) is 26.8 Å². The van der Waals surface area contributed by atoms with Gasteiger partial charge >= 0.3 is 0 Å². The monoisotopic (exact) mass is 326 g/mol. The summed E-state index contributed by atoms with van der Waals surface area (Å²) >= 11 is 0. The highest BCUT2D eigenvalue weighted by Gasteiger charge is 2.31. The van der Waals surface area contributed by atoms with E-state index in [9.17, 15) is 4.79 Å². The first-order valence-electron chi connectivity index (χ1n) is 8.56. The molecule has 0 radical (unpaired) electrons. The Morgan fingerprint density at radius 3 is 2.71 bits per heavy atom. The maximum absolute atomic E-state index is 13.4. The second-order valence-corrected chi connectivity index (χ2v) is 7.84. The molecule has 5 heteroatoms. The third-order valence-electron chi connectivity index (χ3n) is 4.30. The first-order chi connectivity index (χ1) is 11.3. The number of aromatic nitrogens is 3. The van der Waals surface area contributed by atoms with Crippen LogP contribution in [0.4, 0.5) is 5.82 Å². The van der Waals surface area contributed by atoms with Gasteiger partial charge in [-0.05, 0) is 43.7 Å². The zero-order chi connectivity index (χ0) is 17.5. The van der Waals surface area contributed by atoms with Crippen LogP contribution in [0, 0.1) is 12.3 Å². The summed E-state index contributed by atoms with van der Waals surface area (Å²) in [4.78, 5) is 19.8. The molecule has 2 aromatic rings. The molecule has 0 unspecified atom stereocenters. The fraction of sp³-hybridized carbons (Fsp3) is 0.526. The first-order valence-corrected chi connectivity index (χ1v) is 8.56. The molecule has 24 heavy (non-hydrogen) atoms. The predicted molar refractivity (Wildman–Crippen MR) is 95.3 cm³/mol. The number of carbonyl (C=O) groups is 1. The van der Waals surface area contributed by atoms with Crippen molar-refractivity contribution in [1.29, 1.82) is 0 Å². The quantitative estimate of drug-likeness (QED) is 0.869. The second-order valence-electron chi connectivity index (χ2n) is 7.84. The fourth-order valence-corrected chi connectivity index (χ4v) is 3.33. The van der Waals surface area contributed by atoms with Gasteiger partial charge in [-0.2, -0.15) is 5.10 Å². The van der Waals surface area contributed by atoms with Crippen LogP contribution in [0.2, 0.25) is 0 Å². The number of carbonyl (C=O) groups excluding carboxylic acids is 1. The zero-order valence-electron chi connectivity index (χ0n) is 15.3. The number of fused-ring (bicyclic) bond motifs is 1. The van der Waals surface area contributed by atoms with Crippen LogP contribution in [0.1, 0.15) is 54.6 Å². The summed E-state index contributed by atoms with van der Waals surface area (Å²) in [6.45, 7) is 8.97. The molecular formula is C19H26N4O. The van der Waals surface area contributed by atoms with Gasteiger partial charge in [-0.3, -0.25) is 14.4 Å². The smallest absolute Gasteiger partial charge is 0.278 e. The number of pyridine rings is 1. The molecule has 0 saturated heterocycles. The van der Waals surface area contributed by atoms with Crippen molar-refractivity contribution in [3.63, 3.8) is 0 Å². The molecule has 0 N–H and O–H groups in total. The maximum atomic E-state index is 13.4. The van der Waals surface area contributed by atoms with Crippen LogP contribution in [0.5, 0.6) is 0 Å². The lowest BCUT2D eigenvalue weighted by molar-refractivity contribution is 0.0966. The molecule has 2 heterocycles. The van der Waals surface area contributed by atoms with Crippen LogP contribution >= 0.6 is 0 Å². The van der Waals surface area contributed by atoms with E-state index in [0.717, 1.165) is 41.9 Å². The molecule has 2 aromatic heterocycles. The molecule has 0 bridgehead atoms. The van der Waals surface area contributed by atoms with E-state index in [1.54, 1.807) is 4.68 Å². The summed E-state index contributed by atoms with van der Waals surface area (Å²) in [5, 5.41) is 4.55. The van der Waals surface area contributed by atoms with E-state index in [2.05, 4.69) is 30.9 Å². The number of anilines is 1. The molecule has 0 aliphatic heterocycles. The topological polar surface area (TPSA) is 51.0 Å². The van der Waals surface area contributed by atoms with Gasteiger partial charge < -0.3 is 0 Å². The van der Waals surface area contributed by atoms with Crippen molar-refractivity contribution in [2.24, 2.45) is 12.5 Å². The van der Waals surface area contributed by atoms with E-state index in [1.165, 1.54) is 0 Å². The highest BCUT2D eigenvalue weighted by atomic mass is 16.2. The predicted octanol–water partition coefficient (Wildman–Crippen LogP) is 3.31. The average Bonchev–Trinajstić information content (AvgIpc) is 3.03. The number of hydrogen-bond acceptors (Lipinski definition) is 3. The minimum Gasteiger partial charge on any atom is -0.291 e. The fourth-order valence-electron chi connectivity index (χ4n) is 3.33. The highest BCUT2D eigenvalue weighted by molar-refractivity contribution is 6.05. The molecule has 5 nitrogen and oxygen atoms in total. The van der Waals surface area contributed by atoms with Crippen LogP contribution in [0.25, 0.3) is 0 Å². The lowest BCUT2D eigenvalue weighted by Crippen LogP contribution is -2.39. The Kier molecular flexibility index (Phi) is 4.20. The summed E-state index contributed by atoms with van der Waals surface area (Å²) in [5.41, 5.74) is 3.80. The van der Waals surface area contributed by atoms with E-state index < -0.39 is 0 Å². The third-order valence-corrected chi connectivity index (χ3v) is 4.30. The Balaban J connectivity index is 2.04. The Morgan fingerprint density at radius 1 is 1.29 bits per heavy atom. The Labute approximate surface area is 143 Å². The minimum atomic E-state index is -0.0249. The molecule has 0 atom stereocenters. The number of aryl methyl sites for hydroxylation is 3. The summed E-state index contributed by atoms with van der Waals surface area (Å²) < 4.78 is 1.75. The van der Waals surface area contributed by atoms with Crippen molar-refractivity contribution in [3.05, 3.63) is 40.8 Å². The third kappa shape index (κ3) is 3.21. The molecule has 1 amide bonds. The Bertz CT molecular complexity index is 770. The Hall–Kier alpha value is -2.17. The van der Waals surface area contributed by atoms with Gasteiger partial charge in [0.1, 0.15) is 11.5 Å². The Morgan fingerprint density at radius 2 is 2.04 bits per heavy atom. The standard InChI is InChI=1S/C19H26N4O/c1-13-8-6-11-16(20-13)23(12-19(2,3)4)18(24)17-14-9-7-10-15(14)21-22(17)5/h6,8,11H,7,9-10,12H2,1-5H3. The molecule has 0 fully saturated rings. The average molecular weight is 326 g/mol. The van der Waals surface area contributed by atoms with Gasteiger partial charge in [-0.25, -0.2) is 4.98 Å². The SMILES string of the molecule is Cc1cccc(N(CC(C)(C)C)C(=O)c2c3c(nn2C)CCC3)n1. The van der Waals surface area contributed by atoms with Crippen molar-refractivity contribution in [1.82, 2.24) is 14.8 Å². The highest BCUT2D eigenvalue weighted by Crippen LogP contribution is 2.28. The van der Waals surface area contributed by atoms with Crippen LogP contribution in [0.15, 0.2) is 18.2 Å². The van der Waals surface area contributed by atoms with E-state index in [0.29, 0.717) is 12.4 Å². The lowest BCUT2D eigenvalue weighted by atomic mass is 9.95. The summed E-state index contributed by atoms with van der Waals surface area (Å²) in [5.74, 6) is 0.712. The van der Waals surface area contributed by atoms with E-state index in [-0.39, 0.29) is 11.3 Å². The molecule has 0 spiro atoms. The van der Waals surface area contributed by atoms with E-state index in [4.69, 9.17) is 0 Å². The first kappa shape index (κ1) is 16.7.